The topological polar surface area (TPSA) is 96.7 Å². The molecule has 8 nitrogen and oxygen atoms in total. The Kier molecular flexibility index (Phi) is 7.07. The number of fused-ring (bicyclic) bond motifs is 1. The van der Waals surface area contributed by atoms with Gasteiger partial charge in [0.05, 0.1) is 11.1 Å². The summed E-state index contributed by atoms with van der Waals surface area (Å²) in [4.78, 5) is 27.8. The highest BCUT2D eigenvalue weighted by molar-refractivity contribution is 6.05. The maximum Gasteiger partial charge on any atom is 0.410 e. The number of likely N-dealkylation sites (tertiary alicyclic amines) is 1. The van der Waals surface area contributed by atoms with Crippen LogP contribution in [0.1, 0.15) is 84.3 Å². The number of rotatable bonds is 5. The second-order valence-electron chi connectivity index (χ2n) is 11.0. The number of nitrogens with one attached hydrogen (secondary N) is 1. The van der Waals surface area contributed by atoms with Gasteiger partial charge in [-0.1, -0.05) is 18.2 Å². The minimum absolute atomic E-state index is 0.122. The van der Waals surface area contributed by atoms with Crippen molar-refractivity contribution in [3.05, 3.63) is 30.0 Å². The van der Waals surface area contributed by atoms with Crippen LogP contribution in [0.4, 0.5) is 4.79 Å². The predicted molar refractivity (Wildman–Crippen MR) is 128 cm³/mol. The monoisotopic (exact) mass is 458 g/mol. The first-order valence-corrected chi connectivity index (χ1v) is 11.8. The number of aromatic nitrogens is 2. The first kappa shape index (κ1) is 25.0. The van der Waals surface area contributed by atoms with Gasteiger partial charge in [0.2, 0.25) is 0 Å². The van der Waals surface area contributed by atoms with Crippen molar-refractivity contribution in [1.29, 1.82) is 0 Å². The van der Waals surface area contributed by atoms with E-state index in [0.717, 1.165) is 10.9 Å². The minimum Gasteiger partial charge on any atom is -0.444 e. The summed E-state index contributed by atoms with van der Waals surface area (Å²) < 4.78 is 7.48. The van der Waals surface area contributed by atoms with Crippen molar-refractivity contribution in [3.63, 3.8) is 0 Å². The summed E-state index contributed by atoms with van der Waals surface area (Å²) in [7, 11) is 0. The van der Waals surface area contributed by atoms with Crippen molar-refractivity contribution < 1.29 is 19.4 Å². The fourth-order valence-electron chi connectivity index (χ4n) is 4.38. The molecule has 33 heavy (non-hydrogen) atoms. The fourth-order valence-corrected chi connectivity index (χ4v) is 4.38. The van der Waals surface area contributed by atoms with E-state index in [1.54, 1.807) is 18.7 Å². The third-order valence-electron chi connectivity index (χ3n) is 5.72. The Hall–Kier alpha value is -2.61. The Morgan fingerprint density at radius 1 is 1.18 bits per heavy atom. The van der Waals surface area contributed by atoms with Crippen LogP contribution in [0.15, 0.2) is 24.3 Å². The van der Waals surface area contributed by atoms with Crippen molar-refractivity contribution in [2.24, 2.45) is 0 Å². The van der Waals surface area contributed by atoms with Crippen molar-refractivity contribution in [1.82, 2.24) is 20.0 Å². The Labute approximate surface area is 196 Å². The second-order valence-corrected chi connectivity index (χ2v) is 11.0. The minimum atomic E-state index is -0.913. The van der Waals surface area contributed by atoms with Crippen LogP contribution in [0.3, 0.4) is 0 Å². The number of aliphatic hydroxyl groups is 1. The maximum atomic E-state index is 13.2. The van der Waals surface area contributed by atoms with Crippen LogP contribution in [0, 0.1) is 0 Å². The van der Waals surface area contributed by atoms with Gasteiger partial charge in [-0.15, -0.1) is 0 Å². The molecule has 2 N–H and O–H groups in total. The normalized spacial score (nSPS) is 19.7. The zero-order chi connectivity index (χ0) is 24.6. The van der Waals surface area contributed by atoms with E-state index >= 15 is 0 Å². The number of amides is 2. The van der Waals surface area contributed by atoms with Gasteiger partial charge in [0.15, 0.2) is 5.69 Å². The summed E-state index contributed by atoms with van der Waals surface area (Å²) in [6, 6.07) is 7.44. The third kappa shape index (κ3) is 6.25. The molecule has 1 aromatic carbocycles. The van der Waals surface area contributed by atoms with Crippen LogP contribution in [0.2, 0.25) is 0 Å². The van der Waals surface area contributed by atoms with E-state index in [2.05, 4.69) is 10.4 Å². The lowest BCUT2D eigenvalue weighted by Gasteiger charge is -2.42. The molecule has 0 aliphatic carbocycles. The van der Waals surface area contributed by atoms with E-state index in [0.29, 0.717) is 31.5 Å². The molecule has 1 aromatic heterocycles. The Morgan fingerprint density at radius 2 is 1.85 bits per heavy atom. The average Bonchev–Trinajstić information content (AvgIpc) is 3.07. The molecular formula is C25H38N4O4. The van der Waals surface area contributed by atoms with E-state index in [1.807, 2.05) is 63.6 Å². The van der Waals surface area contributed by atoms with Gasteiger partial charge in [-0.25, -0.2) is 4.79 Å². The first-order valence-electron chi connectivity index (χ1n) is 11.8. The zero-order valence-electron chi connectivity index (χ0n) is 20.9. The van der Waals surface area contributed by atoms with E-state index in [1.165, 1.54) is 0 Å². The Morgan fingerprint density at radius 3 is 2.45 bits per heavy atom. The molecule has 1 aliphatic rings. The SMILES string of the molecule is CC(C)n1nc(C(=O)N[C@H]2CC[C@@H](CC(C)(C)O)N(C(=O)OC(C)(C)C)C2)c2ccccc21. The molecular weight excluding hydrogens is 420 g/mol. The van der Waals surface area contributed by atoms with Crippen LogP contribution in [0.5, 0.6) is 0 Å². The zero-order valence-corrected chi connectivity index (χ0v) is 20.9. The number of para-hydroxylation sites is 1. The summed E-state index contributed by atoms with van der Waals surface area (Å²) in [6.45, 7) is 13.4. The molecule has 8 heteroatoms. The fraction of sp³-hybridized carbons (Fsp3) is 0.640. The van der Waals surface area contributed by atoms with E-state index in [-0.39, 0.29) is 24.0 Å². The van der Waals surface area contributed by atoms with Crippen molar-refractivity contribution in [2.75, 3.05) is 6.54 Å². The number of carbonyl (C=O) groups is 2. The van der Waals surface area contributed by atoms with E-state index in [9.17, 15) is 14.7 Å². The van der Waals surface area contributed by atoms with Crippen molar-refractivity contribution in [3.8, 4) is 0 Å². The molecule has 2 aromatic rings. The molecule has 0 radical (unpaired) electrons. The highest BCUT2D eigenvalue weighted by atomic mass is 16.6. The average molecular weight is 459 g/mol. The lowest BCUT2D eigenvalue weighted by molar-refractivity contribution is -0.0139. The van der Waals surface area contributed by atoms with Gasteiger partial charge in [-0.3, -0.25) is 9.48 Å². The number of benzene rings is 1. The lowest BCUT2D eigenvalue weighted by Crippen LogP contribution is -2.56. The number of nitrogens with zero attached hydrogens (tertiary/aromatic N) is 3. The number of carbonyl (C=O) groups excluding carboxylic acids is 2. The third-order valence-corrected chi connectivity index (χ3v) is 5.72. The van der Waals surface area contributed by atoms with E-state index in [4.69, 9.17) is 4.74 Å². The molecule has 1 aliphatic heterocycles. The predicted octanol–water partition coefficient (Wildman–Crippen LogP) is 4.28. The highest BCUT2D eigenvalue weighted by Gasteiger charge is 2.37. The highest BCUT2D eigenvalue weighted by Crippen LogP contribution is 2.28. The van der Waals surface area contributed by atoms with Gasteiger partial charge in [0, 0.05) is 30.1 Å². The number of ether oxygens (including phenoxy) is 1. The van der Waals surface area contributed by atoms with Gasteiger partial charge in [0.25, 0.3) is 5.91 Å². The van der Waals surface area contributed by atoms with Crippen molar-refractivity contribution >= 4 is 22.9 Å². The van der Waals surface area contributed by atoms with Crippen molar-refractivity contribution in [2.45, 2.75) is 97.1 Å². The van der Waals surface area contributed by atoms with Crippen LogP contribution >= 0.6 is 0 Å². The first-order chi connectivity index (χ1) is 15.2. The van der Waals surface area contributed by atoms with E-state index < -0.39 is 17.3 Å². The molecule has 3 rings (SSSR count). The molecule has 2 heterocycles. The summed E-state index contributed by atoms with van der Waals surface area (Å²) in [6.07, 6.45) is 1.38. The van der Waals surface area contributed by atoms with Crippen LogP contribution < -0.4 is 5.32 Å². The molecule has 2 amide bonds. The van der Waals surface area contributed by atoms with Crippen LogP contribution in [0.25, 0.3) is 10.9 Å². The molecule has 0 spiro atoms. The van der Waals surface area contributed by atoms with Gasteiger partial charge < -0.3 is 20.1 Å². The lowest BCUT2D eigenvalue weighted by atomic mass is 9.90. The quantitative estimate of drug-likeness (QED) is 0.697. The molecule has 182 valence electrons. The Balaban J connectivity index is 1.80. The molecule has 2 atom stereocenters. The van der Waals surface area contributed by atoms with Crippen LogP contribution in [-0.2, 0) is 4.74 Å². The number of piperidine rings is 1. The molecule has 1 fully saturated rings. The van der Waals surface area contributed by atoms with Gasteiger partial charge in [0.1, 0.15) is 5.60 Å². The second kappa shape index (κ2) is 9.33. The standard InChI is InChI=1S/C25H38N4O4/c1-16(2)29-20-11-9-8-10-19(20)21(27-29)22(30)26-17-12-13-18(14-25(6,7)32)28(15-17)23(31)33-24(3,4)5/h8-11,16-18,32H,12-15H2,1-7H3,(H,26,30)/t17-,18-/m0/s1. The van der Waals surface area contributed by atoms with Gasteiger partial charge in [-0.2, -0.15) is 5.10 Å². The molecule has 1 saturated heterocycles. The van der Waals surface area contributed by atoms with Gasteiger partial charge in [-0.05, 0) is 73.8 Å². The maximum absolute atomic E-state index is 13.2. The summed E-state index contributed by atoms with van der Waals surface area (Å²) in [5.74, 6) is -0.249. The largest absolute Gasteiger partial charge is 0.444 e. The van der Waals surface area contributed by atoms with Crippen LogP contribution in [-0.4, -0.2) is 61.6 Å². The smallest absolute Gasteiger partial charge is 0.410 e. The summed E-state index contributed by atoms with van der Waals surface area (Å²) in [5.41, 5.74) is -0.234. The van der Waals surface area contributed by atoms with Gasteiger partial charge >= 0.3 is 6.09 Å². The number of hydrogen-bond donors (Lipinski definition) is 2. The summed E-state index contributed by atoms with van der Waals surface area (Å²) in [5, 5.41) is 18.8. The Bertz CT molecular complexity index is 1000. The summed E-state index contributed by atoms with van der Waals surface area (Å²) >= 11 is 0. The molecule has 0 saturated carbocycles. The molecule has 0 unspecified atom stereocenters. The number of hydrogen-bond acceptors (Lipinski definition) is 5. The molecule has 0 bridgehead atoms.